The second kappa shape index (κ2) is 8.36. The first-order chi connectivity index (χ1) is 17.7. The smallest absolute Gasteiger partial charge is 0.416 e. The summed E-state index contributed by atoms with van der Waals surface area (Å²) in [6.07, 6.45) is -2.62. The highest BCUT2D eigenvalue weighted by atomic mass is 19.4. The molecule has 1 aromatic heterocycles. The average molecular weight is 514 g/mol. The maximum atomic E-state index is 14.1. The molecule has 6 rings (SSSR count). The van der Waals surface area contributed by atoms with Crippen LogP contribution in [0.5, 0.6) is 17.2 Å². The lowest BCUT2D eigenvalue weighted by Gasteiger charge is -2.19. The molecule has 3 N–H and O–H groups in total. The number of fused-ring (bicyclic) bond motifs is 4. The number of anilines is 2. The van der Waals surface area contributed by atoms with E-state index >= 15 is 0 Å². The summed E-state index contributed by atoms with van der Waals surface area (Å²) in [4.78, 5) is 28.2. The van der Waals surface area contributed by atoms with Gasteiger partial charge in [-0.25, -0.2) is 14.2 Å². The number of aromatic nitrogens is 1. The molecule has 2 aliphatic heterocycles. The minimum atomic E-state index is -4.69. The van der Waals surface area contributed by atoms with Crippen molar-refractivity contribution in [3.05, 3.63) is 71.2 Å². The molecule has 2 aromatic carbocycles. The Bertz CT molecular complexity index is 1440. The normalized spacial score (nSPS) is 21.1. The van der Waals surface area contributed by atoms with Crippen molar-refractivity contribution in [3.63, 3.8) is 0 Å². The Morgan fingerprint density at radius 2 is 1.97 bits per heavy atom. The number of carbonyl (C=O) groups excluding carboxylic acids is 2. The lowest BCUT2D eigenvalue weighted by atomic mass is 10.1. The molecule has 1 saturated carbocycles. The quantitative estimate of drug-likeness (QED) is 0.427. The molecule has 1 aliphatic carbocycles. The van der Waals surface area contributed by atoms with Crippen molar-refractivity contribution in [2.45, 2.75) is 37.1 Å². The molecule has 0 radical (unpaired) electrons. The highest BCUT2D eigenvalue weighted by molar-refractivity contribution is 5.93. The van der Waals surface area contributed by atoms with E-state index in [0.29, 0.717) is 48.0 Å². The molecule has 3 heterocycles. The van der Waals surface area contributed by atoms with Gasteiger partial charge in [-0.15, -0.1) is 0 Å². The number of pyridine rings is 1. The van der Waals surface area contributed by atoms with E-state index in [1.54, 1.807) is 24.4 Å². The van der Waals surface area contributed by atoms with Crippen LogP contribution in [0.15, 0.2) is 48.7 Å². The highest BCUT2D eigenvalue weighted by Crippen LogP contribution is 2.54. The molecule has 3 aliphatic rings. The van der Waals surface area contributed by atoms with Gasteiger partial charge in [-0.3, -0.25) is 4.79 Å². The first-order valence-corrected chi connectivity index (χ1v) is 11.4. The Kier molecular flexibility index (Phi) is 5.21. The van der Waals surface area contributed by atoms with Gasteiger partial charge >= 0.3 is 12.2 Å². The second-order valence-electron chi connectivity index (χ2n) is 8.91. The molecule has 37 heavy (non-hydrogen) atoms. The summed E-state index contributed by atoms with van der Waals surface area (Å²) in [6.45, 7) is 0. The molecule has 0 saturated heterocycles. The van der Waals surface area contributed by atoms with E-state index < -0.39 is 29.6 Å². The summed E-state index contributed by atoms with van der Waals surface area (Å²) in [5.74, 6) is 0.780. The number of amides is 3. The van der Waals surface area contributed by atoms with Crippen molar-refractivity contribution >= 4 is 23.4 Å². The largest absolute Gasteiger partial charge is 0.487 e. The van der Waals surface area contributed by atoms with Crippen LogP contribution < -0.4 is 25.4 Å². The fraction of sp³-hybridized carbons (Fsp3) is 0.240. The Balaban J connectivity index is 1.12. The van der Waals surface area contributed by atoms with E-state index in [9.17, 15) is 27.2 Å². The van der Waals surface area contributed by atoms with E-state index in [4.69, 9.17) is 9.47 Å². The van der Waals surface area contributed by atoms with Gasteiger partial charge in [-0.05, 0) is 48.9 Å². The van der Waals surface area contributed by atoms with Gasteiger partial charge in [0.2, 0.25) is 5.91 Å². The molecule has 3 aromatic rings. The van der Waals surface area contributed by atoms with Crippen molar-refractivity contribution in [1.29, 1.82) is 0 Å². The van der Waals surface area contributed by atoms with E-state index in [1.165, 1.54) is 0 Å². The predicted molar refractivity (Wildman–Crippen MR) is 122 cm³/mol. The second-order valence-corrected chi connectivity index (χ2v) is 8.91. The molecule has 0 bridgehead atoms. The minimum absolute atomic E-state index is 0.102. The van der Waals surface area contributed by atoms with E-state index in [-0.39, 0.29) is 23.6 Å². The van der Waals surface area contributed by atoms with Crippen molar-refractivity contribution in [1.82, 2.24) is 10.3 Å². The summed E-state index contributed by atoms with van der Waals surface area (Å²) < 4.78 is 64.2. The van der Waals surface area contributed by atoms with Gasteiger partial charge in [-0.1, -0.05) is 0 Å². The third-order valence-corrected chi connectivity index (χ3v) is 6.50. The van der Waals surface area contributed by atoms with Gasteiger partial charge < -0.3 is 25.4 Å². The molecule has 3 atom stereocenters. The lowest BCUT2D eigenvalue weighted by Crippen LogP contribution is -2.34. The van der Waals surface area contributed by atoms with Crippen LogP contribution in [-0.4, -0.2) is 29.1 Å². The van der Waals surface area contributed by atoms with Crippen LogP contribution in [0.25, 0.3) is 0 Å². The number of nitrogens with zero attached hydrogens (tertiary/aromatic N) is 1. The first kappa shape index (κ1) is 23.1. The van der Waals surface area contributed by atoms with E-state index in [2.05, 4.69) is 20.9 Å². The van der Waals surface area contributed by atoms with Gasteiger partial charge in [0.15, 0.2) is 0 Å². The molecule has 190 valence electrons. The maximum absolute atomic E-state index is 14.1. The van der Waals surface area contributed by atoms with Gasteiger partial charge in [0.05, 0.1) is 23.2 Å². The Morgan fingerprint density at radius 1 is 1.14 bits per heavy atom. The van der Waals surface area contributed by atoms with Crippen molar-refractivity contribution in [2.75, 3.05) is 10.6 Å². The summed E-state index contributed by atoms with van der Waals surface area (Å²) in [6, 6.07) is 7.77. The summed E-state index contributed by atoms with van der Waals surface area (Å²) in [7, 11) is 0. The zero-order chi connectivity index (χ0) is 25.9. The fourth-order valence-electron chi connectivity index (χ4n) is 4.66. The average Bonchev–Trinajstić information content (AvgIpc) is 3.35. The Hall–Kier alpha value is -4.35. The van der Waals surface area contributed by atoms with Crippen LogP contribution in [0.1, 0.15) is 29.0 Å². The number of rotatable bonds is 4. The van der Waals surface area contributed by atoms with Gasteiger partial charge in [0.25, 0.3) is 0 Å². The third-order valence-electron chi connectivity index (χ3n) is 6.50. The lowest BCUT2D eigenvalue weighted by molar-refractivity contribution is -0.137. The maximum Gasteiger partial charge on any atom is 0.416 e. The van der Waals surface area contributed by atoms with Crippen molar-refractivity contribution < 1.29 is 36.6 Å². The standard InChI is InChI=1S/C25H18F4N4O4/c26-15-9-11(25(27,28)29)1-4-16(15)31-24(35)33-21-20-14-10-12(2-5-17(14)37-22(20)21)36-18-7-8-30-23-13(18)3-6-19(34)32-23/h1-2,4-5,7-10,20-22H,3,6H2,(H,30,32,34)(H2,31,33,35). The number of ether oxygens (including phenoxy) is 2. The highest BCUT2D eigenvalue weighted by Gasteiger charge is 2.59. The van der Waals surface area contributed by atoms with Gasteiger partial charge in [0, 0.05) is 23.7 Å². The monoisotopic (exact) mass is 514 g/mol. The summed E-state index contributed by atoms with van der Waals surface area (Å²) in [5, 5.41) is 7.65. The molecule has 0 spiro atoms. The van der Waals surface area contributed by atoms with Gasteiger partial charge in [0.1, 0.15) is 35.0 Å². The number of benzene rings is 2. The zero-order valence-corrected chi connectivity index (χ0v) is 18.9. The number of halogens is 4. The Labute approximate surface area is 207 Å². The number of carbonyl (C=O) groups is 2. The number of alkyl halides is 3. The summed E-state index contributed by atoms with van der Waals surface area (Å²) >= 11 is 0. The van der Waals surface area contributed by atoms with Crippen molar-refractivity contribution in [3.8, 4) is 17.2 Å². The van der Waals surface area contributed by atoms with Crippen LogP contribution in [0, 0.1) is 5.82 Å². The summed E-state index contributed by atoms with van der Waals surface area (Å²) in [5.41, 5.74) is 0.109. The van der Waals surface area contributed by atoms with Crippen LogP contribution in [0.2, 0.25) is 0 Å². The first-order valence-electron chi connectivity index (χ1n) is 11.4. The molecular weight excluding hydrogens is 496 g/mol. The zero-order valence-electron chi connectivity index (χ0n) is 18.9. The topological polar surface area (TPSA) is 102 Å². The molecule has 12 heteroatoms. The minimum Gasteiger partial charge on any atom is -0.487 e. The van der Waals surface area contributed by atoms with Crippen LogP contribution in [0.3, 0.4) is 0 Å². The number of nitrogens with one attached hydrogen (secondary N) is 3. The molecule has 1 fully saturated rings. The number of urea groups is 1. The molecule has 3 amide bonds. The van der Waals surface area contributed by atoms with Crippen LogP contribution in [-0.2, 0) is 17.4 Å². The Morgan fingerprint density at radius 3 is 2.76 bits per heavy atom. The van der Waals surface area contributed by atoms with Crippen LogP contribution in [0.4, 0.5) is 33.9 Å². The van der Waals surface area contributed by atoms with Crippen LogP contribution >= 0.6 is 0 Å². The predicted octanol–water partition coefficient (Wildman–Crippen LogP) is 4.97. The third kappa shape index (κ3) is 4.28. The molecular formula is C25H18F4N4O4. The fourth-order valence-corrected chi connectivity index (χ4v) is 4.66. The SMILES string of the molecule is O=C1CCc2c(Oc3ccc4c(c3)C3C(NC(=O)Nc5ccc(C(F)(F)F)cc5F)C3O4)ccnc2N1. The number of hydrogen-bond donors (Lipinski definition) is 3. The van der Waals surface area contributed by atoms with Gasteiger partial charge in [-0.2, -0.15) is 13.2 Å². The molecule has 3 unspecified atom stereocenters. The number of hydrogen-bond acceptors (Lipinski definition) is 5. The molecule has 8 nitrogen and oxygen atoms in total. The van der Waals surface area contributed by atoms with Crippen molar-refractivity contribution in [2.24, 2.45) is 0 Å². The van der Waals surface area contributed by atoms with E-state index in [0.717, 1.165) is 17.2 Å². The van der Waals surface area contributed by atoms with E-state index in [1.807, 2.05) is 6.07 Å².